The maximum atomic E-state index is 11.6. The monoisotopic (exact) mass is 283 g/mol. The number of aliphatic carboxylic acids is 1. The first kappa shape index (κ1) is 15.2. The summed E-state index contributed by atoms with van der Waals surface area (Å²) in [5.41, 5.74) is 1.14. The molecule has 0 heterocycles. The van der Waals surface area contributed by atoms with Crippen molar-refractivity contribution in [3.8, 4) is 0 Å². The third-order valence-electron chi connectivity index (χ3n) is 2.40. The number of halogens is 1. The van der Waals surface area contributed by atoms with Crippen LogP contribution in [-0.4, -0.2) is 34.7 Å². The zero-order valence-corrected chi connectivity index (χ0v) is 11.1. The minimum absolute atomic E-state index is 0.0106. The van der Waals surface area contributed by atoms with E-state index in [9.17, 15) is 14.4 Å². The maximum absolute atomic E-state index is 11.6. The van der Waals surface area contributed by atoms with Gasteiger partial charge in [-0.25, -0.2) is 0 Å². The van der Waals surface area contributed by atoms with E-state index in [1.807, 2.05) is 0 Å². The lowest BCUT2D eigenvalue weighted by atomic mass is 10.1. The molecule has 0 aliphatic rings. The van der Waals surface area contributed by atoms with Gasteiger partial charge in [-0.15, -0.1) is 11.6 Å². The summed E-state index contributed by atoms with van der Waals surface area (Å²) in [5, 5.41) is 10.2. The number of rotatable bonds is 6. The van der Waals surface area contributed by atoms with Crippen LogP contribution >= 0.6 is 11.6 Å². The Morgan fingerprint density at radius 2 is 1.84 bits per heavy atom. The third-order valence-corrected chi connectivity index (χ3v) is 2.74. The first-order valence-electron chi connectivity index (χ1n) is 5.63. The van der Waals surface area contributed by atoms with Gasteiger partial charge in [0.1, 0.15) is 11.2 Å². The molecule has 0 saturated carbocycles. The summed E-state index contributed by atoms with van der Waals surface area (Å²) in [4.78, 5) is 32.9. The number of hydrogen-bond acceptors (Lipinski definition) is 3. The molecular weight excluding hydrogens is 270 g/mol. The van der Waals surface area contributed by atoms with Crippen molar-refractivity contribution in [3.63, 3.8) is 0 Å². The van der Waals surface area contributed by atoms with Gasteiger partial charge in [0, 0.05) is 5.56 Å². The van der Waals surface area contributed by atoms with Crippen LogP contribution in [0.4, 0.5) is 0 Å². The lowest BCUT2D eigenvalue weighted by molar-refractivity contribution is -0.136. The van der Waals surface area contributed by atoms with E-state index in [1.54, 1.807) is 24.3 Å². The molecular formula is C13H14ClNO4. The van der Waals surface area contributed by atoms with E-state index < -0.39 is 11.3 Å². The fraction of sp³-hybridized carbons (Fsp3) is 0.308. The topological polar surface area (TPSA) is 83.5 Å². The molecule has 2 N–H and O–H groups in total. The number of carboxylic acids is 1. The molecule has 1 unspecified atom stereocenters. The Bertz CT molecular complexity index is 484. The van der Waals surface area contributed by atoms with Crippen LogP contribution in [0.5, 0.6) is 0 Å². The quantitative estimate of drug-likeness (QED) is 0.770. The molecule has 0 fully saturated rings. The Kier molecular flexibility index (Phi) is 5.51. The molecule has 102 valence electrons. The Labute approximate surface area is 115 Å². The summed E-state index contributed by atoms with van der Waals surface area (Å²) in [6.07, 6.45) is 0.187. The Hall–Kier alpha value is -1.88. The molecule has 0 bridgehead atoms. The van der Waals surface area contributed by atoms with Crippen LogP contribution in [0.3, 0.4) is 0 Å². The minimum atomic E-state index is -1.08. The number of Topliss-reactive ketones (excluding diaryl/α,β-unsaturated/α-hetero) is 1. The summed E-state index contributed by atoms with van der Waals surface area (Å²) < 4.78 is 0. The highest BCUT2D eigenvalue weighted by Crippen LogP contribution is 2.10. The van der Waals surface area contributed by atoms with Gasteiger partial charge in [0.05, 0.1) is 6.54 Å². The first-order valence-corrected chi connectivity index (χ1v) is 6.07. The molecule has 0 spiro atoms. The molecule has 1 amide bonds. The van der Waals surface area contributed by atoms with Crippen LogP contribution in [-0.2, 0) is 16.0 Å². The maximum Gasteiger partial charge on any atom is 0.321 e. The highest BCUT2D eigenvalue weighted by molar-refractivity contribution is 6.29. The smallest absolute Gasteiger partial charge is 0.321 e. The molecule has 0 radical (unpaired) electrons. The minimum Gasteiger partial charge on any atom is -0.480 e. The molecule has 1 aromatic carbocycles. The van der Waals surface area contributed by atoms with Crippen LogP contribution in [0.2, 0.25) is 0 Å². The fourth-order valence-corrected chi connectivity index (χ4v) is 1.57. The Morgan fingerprint density at radius 3 is 2.32 bits per heavy atom. The molecule has 19 heavy (non-hydrogen) atoms. The van der Waals surface area contributed by atoms with E-state index in [4.69, 9.17) is 16.7 Å². The summed E-state index contributed by atoms with van der Waals surface area (Å²) in [6.45, 7) is 1.37. The number of benzene rings is 1. The fourth-order valence-electron chi connectivity index (χ4n) is 1.39. The number of amides is 1. The standard InChI is InChI=1S/C13H14ClNO4/c1-8(16)7-15-12(17)10-4-2-9(3-5-10)6-11(14)13(18)19/h2-5,11H,6-7H2,1H3,(H,15,17)(H,18,19). The molecule has 0 aromatic heterocycles. The predicted molar refractivity (Wildman–Crippen MR) is 70.4 cm³/mol. The van der Waals surface area contributed by atoms with Crippen molar-refractivity contribution in [2.75, 3.05) is 6.54 Å². The van der Waals surface area contributed by atoms with Crippen LogP contribution in [0.15, 0.2) is 24.3 Å². The normalized spacial score (nSPS) is 11.7. The van der Waals surface area contributed by atoms with Gasteiger partial charge >= 0.3 is 5.97 Å². The van der Waals surface area contributed by atoms with Gasteiger partial charge in [0.2, 0.25) is 0 Å². The second-order valence-corrected chi connectivity index (χ2v) is 4.62. The van der Waals surface area contributed by atoms with Gasteiger partial charge in [0.15, 0.2) is 0 Å². The Morgan fingerprint density at radius 1 is 1.26 bits per heavy atom. The van der Waals surface area contributed by atoms with Gasteiger partial charge in [-0.05, 0) is 31.0 Å². The molecule has 0 aliphatic heterocycles. The van der Waals surface area contributed by atoms with E-state index in [1.165, 1.54) is 6.92 Å². The lowest BCUT2D eigenvalue weighted by Crippen LogP contribution is -2.28. The average molecular weight is 284 g/mol. The zero-order chi connectivity index (χ0) is 14.4. The number of carbonyl (C=O) groups excluding carboxylic acids is 2. The van der Waals surface area contributed by atoms with Crippen molar-refractivity contribution in [1.82, 2.24) is 5.32 Å². The SMILES string of the molecule is CC(=O)CNC(=O)c1ccc(CC(Cl)C(=O)O)cc1. The summed E-state index contributed by atoms with van der Waals surface area (Å²) >= 11 is 5.62. The van der Waals surface area contributed by atoms with Gasteiger partial charge in [-0.3, -0.25) is 14.4 Å². The predicted octanol–water partition coefficient (Wildman–Crippen LogP) is 1.24. The van der Waals surface area contributed by atoms with Crippen molar-refractivity contribution in [2.45, 2.75) is 18.7 Å². The summed E-state index contributed by atoms with van der Waals surface area (Å²) in [7, 11) is 0. The van der Waals surface area contributed by atoms with E-state index >= 15 is 0 Å². The number of carboxylic acid groups (broad SMARTS) is 1. The van der Waals surface area contributed by atoms with Crippen molar-refractivity contribution in [2.24, 2.45) is 0 Å². The lowest BCUT2D eigenvalue weighted by Gasteiger charge is -2.06. The second-order valence-electron chi connectivity index (χ2n) is 4.09. The van der Waals surface area contributed by atoms with Crippen molar-refractivity contribution in [1.29, 1.82) is 0 Å². The van der Waals surface area contributed by atoms with Crippen LogP contribution in [0.25, 0.3) is 0 Å². The van der Waals surface area contributed by atoms with Crippen LogP contribution in [0.1, 0.15) is 22.8 Å². The van der Waals surface area contributed by atoms with Gasteiger partial charge in [-0.2, -0.15) is 0 Å². The molecule has 1 aromatic rings. The zero-order valence-electron chi connectivity index (χ0n) is 10.4. The summed E-state index contributed by atoms with van der Waals surface area (Å²) in [6, 6.07) is 6.41. The highest BCUT2D eigenvalue weighted by atomic mass is 35.5. The molecule has 1 rings (SSSR count). The van der Waals surface area contributed by atoms with Crippen molar-refractivity contribution in [3.05, 3.63) is 35.4 Å². The van der Waals surface area contributed by atoms with Gasteiger partial charge in [0.25, 0.3) is 5.91 Å². The first-order chi connectivity index (χ1) is 8.90. The third kappa shape index (κ3) is 5.09. The number of carbonyl (C=O) groups is 3. The van der Waals surface area contributed by atoms with E-state index in [2.05, 4.69) is 5.32 Å². The molecule has 0 aliphatic carbocycles. The molecule has 1 atom stereocenters. The molecule has 5 nitrogen and oxygen atoms in total. The second kappa shape index (κ2) is 6.89. The molecule has 0 saturated heterocycles. The largest absolute Gasteiger partial charge is 0.480 e. The van der Waals surface area contributed by atoms with Crippen LogP contribution in [0, 0.1) is 0 Å². The number of ketones is 1. The number of nitrogens with one attached hydrogen (secondary N) is 1. The van der Waals surface area contributed by atoms with Crippen molar-refractivity contribution < 1.29 is 19.5 Å². The van der Waals surface area contributed by atoms with Gasteiger partial charge in [-0.1, -0.05) is 12.1 Å². The molecule has 6 heteroatoms. The highest BCUT2D eigenvalue weighted by Gasteiger charge is 2.14. The van der Waals surface area contributed by atoms with Crippen LogP contribution < -0.4 is 5.32 Å². The number of alkyl halides is 1. The average Bonchev–Trinajstić information content (AvgIpc) is 2.36. The Balaban J connectivity index is 2.63. The van der Waals surface area contributed by atoms with Crippen molar-refractivity contribution >= 4 is 29.3 Å². The van der Waals surface area contributed by atoms with Gasteiger partial charge < -0.3 is 10.4 Å². The summed E-state index contributed by atoms with van der Waals surface area (Å²) in [5.74, 6) is -1.55. The van der Waals surface area contributed by atoms with E-state index in [-0.39, 0.29) is 24.7 Å². The van der Waals surface area contributed by atoms with E-state index in [0.29, 0.717) is 5.56 Å². The van der Waals surface area contributed by atoms with E-state index in [0.717, 1.165) is 5.56 Å². The number of hydrogen-bond donors (Lipinski definition) is 2.